The molecule has 0 atom stereocenters. The second-order valence-corrected chi connectivity index (χ2v) is 3.67. The van der Waals surface area contributed by atoms with Crippen LogP contribution in [0, 0.1) is 0 Å². The Hall–Kier alpha value is -2.18. The van der Waals surface area contributed by atoms with Crippen LogP contribution in [-0.4, -0.2) is 16.7 Å². The molecule has 96 valence electrons. The van der Waals surface area contributed by atoms with Gasteiger partial charge in [0.15, 0.2) is 5.82 Å². The molecular formula is C11H12F2N4O. The Labute approximate surface area is 102 Å². The van der Waals surface area contributed by atoms with Gasteiger partial charge in [-0.15, -0.1) is 0 Å². The van der Waals surface area contributed by atoms with E-state index in [0.29, 0.717) is 30.2 Å². The van der Waals surface area contributed by atoms with Gasteiger partial charge in [0.05, 0.1) is 11.4 Å². The highest BCUT2D eigenvalue weighted by molar-refractivity contribution is 5.67. The van der Waals surface area contributed by atoms with Crippen LogP contribution in [0.25, 0.3) is 0 Å². The number of rotatable bonds is 5. The van der Waals surface area contributed by atoms with E-state index < -0.39 is 6.43 Å². The van der Waals surface area contributed by atoms with Crippen molar-refractivity contribution in [3.8, 4) is 0 Å². The molecule has 0 fully saturated rings. The van der Waals surface area contributed by atoms with Crippen LogP contribution in [0.3, 0.4) is 0 Å². The van der Waals surface area contributed by atoms with Crippen LogP contribution in [0.4, 0.5) is 20.2 Å². The SMILES string of the molecule is Nc1cc(C(F)F)ccc1NCCc1ncon1. The highest BCUT2D eigenvalue weighted by Gasteiger charge is 2.09. The average Bonchev–Trinajstić information content (AvgIpc) is 2.84. The summed E-state index contributed by atoms with van der Waals surface area (Å²) in [4.78, 5) is 3.86. The van der Waals surface area contributed by atoms with Gasteiger partial charge in [0.2, 0.25) is 6.39 Å². The van der Waals surface area contributed by atoms with E-state index in [1.807, 2.05) is 0 Å². The van der Waals surface area contributed by atoms with Crippen molar-refractivity contribution < 1.29 is 13.3 Å². The summed E-state index contributed by atoms with van der Waals surface area (Å²) in [5.41, 5.74) is 6.49. The van der Waals surface area contributed by atoms with Gasteiger partial charge in [-0.1, -0.05) is 11.2 Å². The molecule has 5 nitrogen and oxygen atoms in total. The number of nitrogens with one attached hydrogen (secondary N) is 1. The average molecular weight is 254 g/mol. The zero-order chi connectivity index (χ0) is 13.0. The van der Waals surface area contributed by atoms with Crippen LogP contribution in [-0.2, 0) is 6.42 Å². The number of aromatic nitrogens is 2. The van der Waals surface area contributed by atoms with E-state index >= 15 is 0 Å². The molecule has 1 heterocycles. The van der Waals surface area contributed by atoms with Crippen molar-refractivity contribution in [3.63, 3.8) is 0 Å². The van der Waals surface area contributed by atoms with Gasteiger partial charge >= 0.3 is 0 Å². The van der Waals surface area contributed by atoms with E-state index in [1.54, 1.807) is 0 Å². The maximum atomic E-state index is 12.4. The number of nitrogens with zero attached hydrogens (tertiary/aromatic N) is 2. The Bertz CT molecular complexity index is 502. The number of nitrogens with two attached hydrogens (primary N) is 1. The lowest BCUT2D eigenvalue weighted by atomic mass is 10.2. The zero-order valence-corrected chi connectivity index (χ0v) is 9.44. The molecule has 7 heteroatoms. The minimum atomic E-state index is -2.51. The van der Waals surface area contributed by atoms with Crippen LogP contribution >= 0.6 is 0 Å². The van der Waals surface area contributed by atoms with Crippen molar-refractivity contribution in [1.82, 2.24) is 10.1 Å². The third-order valence-corrected chi connectivity index (χ3v) is 2.40. The summed E-state index contributed by atoms with van der Waals surface area (Å²) >= 11 is 0. The normalized spacial score (nSPS) is 10.8. The number of benzene rings is 1. The summed E-state index contributed by atoms with van der Waals surface area (Å²) in [6, 6.07) is 4.14. The largest absolute Gasteiger partial charge is 0.397 e. The molecular weight excluding hydrogens is 242 g/mol. The standard InChI is InChI=1S/C11H12F2N4O/c12-11(13)7-1-2-9(8(14)5-7)15-4-3-10-16-6-18-17-10/h1-2,5-6,11,15H,3-4,14H2. The highest BCUT2D eigenvalue weighted by atomic mass is 19.3. The van der Waals surface area contributed by atoms with E-state index in [0.717, 1.165) is 0 Å². The summed E-state index contributed by atoms with van der Waals surface area (Å²) < 4.78 is 29.4. The second kappa shape index (κ2) is 5.44. The van der Waals surface area contributed by atoms with E-state index in [-0.39, 0.29) is 5.56 Å². The Kier molecular flexibility index (Phi) is 3.71. The number of nitrogen functional groups attached to an aromatic ring is 1. The molecule has 1 aromatic heterocycles. The van der Waals surface area contributed by atoms with Gasteiger partial charge in [-0.2, -0.15) is 4.98 Å². The van der Waals surface area contributed by atoms with Crippen molar-refractivity contribution >= 4 is 11.4 Å². The van der Waals surface area contributed by atoms with Crippen molar-refractivity contribution in [2.45, 2.75) is 12.8 Å². The zero-order valence-electron chi connectivity index (χ0n) is 9.44. The number of hydrogen-bond donors (Lipinski definition) is 2. The summed E-state index contributed by atoms with van der Waals surface area (Å²) in [7, 11) is 0. The van der Waals surface area contributed by atoms with Crippen LogP contribution < -0.4 is 11.1 Å². The van der Waals surface area contributed by atoms with Crippen LogP contribution in [0.2, 0.25) is 0 Å². The first-order chi connectivity index (χ1) is 8.66. The van der Waals surface area contributed by atoms with Crippen molar-refractivity contribution in [2.75, 3.05) is 17.6 Å². The van der Waals surface area contributed by atoms with Gasteiger partial charge in [-0.25, -0.2) is 8.78 Å². The van der Waals surface area contributed by atoms with Gasteiger partial charge in [0.1, 0.15) is 0 Å². The monoisotopic (exact) mass is 254 g/mol. The Balaban J connectivity index is 1.93. The summed E-state index contributed by atoms with van der Waals surface area (Å²) in [6.07, 6.45) is -0.700. The Morgan fingerprint density at radius 3 is 2.83 bits per heavy atom. The van der Waals surface area contributed by atoms with Gasteiger partial charge in [0.25, 0.3) is 6.43 Å². The van der Waals surface area contributed by atoms with Gasteiger partial charge in [-0.05, 0) is 12.1 Å². The maximum absolute atomic E-state index is 12.4. The molecule has 3 N–H and O–H groups in total. The van der Waals surface area contributed by atoms with Crippen LogP contribution in [0.1, 0.15) is 17.8 Å². The molecule has 2 aromatic rings. The highest BCUT2D eigenvalue weighted by Crippen LogP contribution is 2.26. The summed E-state index contributed by atoms with van der Waals surface area (Å²) in [6.45, 7) is 0.539. The topological polar surface area (TPSA) is 77.0 Å². The quantitative estimate of drug-likeness (QED) is 0.800. The van der Waals surface area contributed by atoms with Crippen molar-refractivity contribution in [2.24, 2.45) is 0 Å². The number of alkyl halides is 2. The number of hydrogen-bond acceptors (Lipinski definition) is 5. The molecule has 0 saturated carbocycles. The smallest absolute Gasteiger partial charge is 0.263 e. The first-order valence-electron chi connectivity index (χ1n) is 5.33. The van der Waals surface area contributed by atoms with E-state index in [1.165, 1.54) is 24.6 Å². The molecule has 0 radical (unpaired) electrons. The lowest BCUT2D eigenvalue weighted by molar-refractivity contribution is 0.151. The first-order valence-corrected chi connectivity index (χ1v) is 5.33. The molecule has 0 aliphatic heterocycles. The van der Waals surface area contributed by atoms with Crippen molar-refractivity contribution in [3.05, 3.63) is 36.0 Å². The molecule has 0 aliphatic rings. The van der Waals surface area contributed by atoms with Gasteiger partial charge in [-0.3, -0.25) is 0 Å². The summed E-state index contributed by atoms with van der Waals surface area (Å²) in [5.74, 6) is 0.574. The minimum absolute atomic E-state index is 0.0868. The Morgan fingerprint density at radius 2 is 2.22 bits per heavy atom. The van der Waals surface area contributed by atoms with Gasteiger partial charge < -0.3 is 15.6 Å². The molecule has 0 spiro atoms. The van der Waals surface area contributed by atoms with Crippen LogP contribution in [0.15, 0.2) is 29.1 Å². The summed E-state index contributed by atoms with van der Waals surface area (Å²) in [5, 5.41) is 6.68. The van der Waals surface area contributed by atoms with Crippen LogP contribution in [0.5, 0.6) is 0 Å². The molecule has 0 saturated heterocycles. The first kappa shape index (κ1) is 12.3. The lowest BCUT2D eigenvalue weighted by Gasteiger charge is -2.09. The Morgan fingerprint density at radius 1 is 1.39 bits per heavy atom. The van der Waals surface area contributed by atoms with E-state index in [4.69, 9.17) is 5.73 Å². The fourth-order valence-corrected chi connectivity index (χ4v) is 1.49. The van der Waals surface area contributed by atoms with E-state index in [2.05, 4.69) is 20.0 Å². The molecule has 18 heavy (non-hydrogen) atoms. The molecule has 0 amide bonds. The third kappa shape index (κ3) is 2.93. The molecule has 0 unspecified atom stereocenters. The predicted molar refractivity (Wildman–Crippen MR) is 62.3 cm³/mol. The fourth-order valence-electron chi connectivity index (χ4n) is 1.49. The third-order valence-electron chi connectivity index (χ3n) is 2.40. The van der Waals surface area contributed by atoms with Crippen molar-refractivity contribution in [1.29, 1.82) is 0 Å². The molecule has 2 rings (SSSR count). The van der Waals surface area contributed by atoms with Gasteiger partial charge in [0, 0.05) is 18.5 Å². The van der Waals surface area contributed by atoms with E-state index in [9.17, 15) is 8.78 Å². The number of anilines is 2. The molecule has 0 bridgehead atoms. The fraction of sp³-hybridized carbons (Fsp3) is 0.273. The minimum Gasteiger partial charge on any atom is -0.397 e. The molecule has 1 aromatic carbocycles. The lowest BCUT2D eigenvalue weighted by Crippen LogP contribution is -2.08. The molecule has 0 aliphatic carbocycles. The second-order valence-electron chi connectivity index (χ2n) is 3.67. The maximum Gasteiger partial charge on any atom is 0.263 e. The number of halogens is 2. The predicted octanol–water partition coefficient (Wildman–Crippen LogP) is 2.24.